The first-order valence-electron chi connectivity index (χ1n) is 8.21. The number of halogens is 1. The van der Waals surface area contributed by atoms with Gasteiger partial charge in [-0.1, -0.05) is 67.1 Å². The summed E-state index contributed by atoms with van der Waals surface area (Å²) in [5, 5.41) is 4.92. The Morgan fingerprint density at radius 1 is 1.08 bits per heavy atom. The number of amides is 1. The van der Waals surface area contributed by atoms with E-state index in [1.807, 2.05) is 54.6 Å². The highest BCUT2D eigenvalue weighted by atomic mass is 35.5. The lowest BCUT2D eigenvalue weighted by atomic mass is 10.1. The Hall–Kier alpha value is -2.21. The minimum atomic E-state index is -0.216. The van der Waals surface area contributed by atoms with Gasteiger partial charge in [-0.25, -0.2) is 4.98 Å². The molecule has 4 rings (SSSR count). The number of carbonyl (C=O) groups is 1. The van der Waals surface area contributed by atoms with Crippen LogP contribution in [0.5, 0.6) is 0 Å². The monoisotopic (exact) mass is 398 g/mol. The first-order valence-corrected chi connectivity index (χ1v) is 10.2. The van der Waals surface area contributed by atoms with Gasteiger partial charge < -0.3 is 0 Å². The number of nitrogens with one attached hydrogen (secondary N) is 1. The lowest BCUT2D eigenvalue weighted by Crippen LogP contribution is -2.10. The van der Waals surface area contributed by atoms with Crippen molar-refractivity contribution in [1.29, 1.82) is 0 Å². The van der Waals surface area contributed by atoms with Crippen LogP contribution in [-0.4, -0.2) is 10.9 Å². The third-order valence-electron chi connectivity index (χ3n) is 4.03. The third kappa shape index (κ3) is 3.14. The second-order valence-corrected chi connectivity index (χ2v) is 8.22. The van der Waals surface area contributed by atoms with E-state index in [1.165, 1.54) is 22.7 Å². The number of thiazole rings is 1. The first kappa shape index (κ1) is 17.2. The molecule has 4 aromatic rings. The Bertz CT molecular complexity index is 1090. The van der Waals surface area contributed by atoms with Gasteiger partial charge in [0.25, 0.3) is 5.91 Å². The number of thiophene rings is 1. The maximum atomic E-state index is 12.7. The molecule has 2 heterocycles. The molecule has 0 aliphatic carbocycles. The highest BCUT2D eigenvalue weighted by molar-refractivity contribution is 7.22. The molecule has 0 bridgehead atoms. The van der Waals surface area contributed by atoms with Crippen molar-refractivity contribution in [3.8, 4) is 11.3 Å². The van der Waals surface area contributed by atoms with Crippen molar-refractivity contribution in [1.82, 2.24) is 4.98 Å². The topological polar surface area (TPSA) is 42.0 Å². The smallest absolute Gasteiger partial charge is 0.269 e. The van der Waals surface area contributed by atoms with Crippen LogP contribution in [0.4, 0.5) is 5.13 Å². The van der Waals surface area contributed by atoms with Gasteiger partial charge in [0, 0.05) is 20.5 Å². The molecule has 0 aliphatic heterocycles. The summed E-state index contributed by atoms with van der Waals surface area (Å²) >= 11 is 9.32. The van der Waals surface area contributed by atoms with Crippen LogP contribution in [-0.2, 0) is 6.42 Å². The van der Waals surface area contributed by atoms with E-state index in [0.717, 1.165) is 32.6 Å². The van der Waals surface area contributed by atoms with Gasteiger partial charge in [0.2, 0.25) is 0 Å². The Balaban J connectivity index is 1.65. The lowest BCUT2D eigenvalue weighted by molar-refractivity contribution is 0.103. The van der Waals surface area contributed by atoms with Crippen molar-refractivity contribution >= 4 is 55.4 Å². The van der Waals surface area contributed by atoms with Crippen LogP contribution in [0.2, 0.25) is 5.02 Å². The molecule has 2 aromatic heterocycles. The number of aryl methyl sites for hydroxylation is 1. The maximum absolute atomic E-state index is 12.7. The average molecular weight is 399 g/mol. The molecular weight excluding hydrogens is 384 g/mol. The molecule has 1 N–H and O–H groups in total. The fourth-order valence-corrected chi connectivity index (χ4v) is 5.11. The van der Waals surface area contributed by atoms with Gasteiger partial charge in [-0.05, 0) is 12.5 Å². The molecule has 0 radical (unpaired) electrons. The summed E-state index contributed by atoms with van der Waals surface area (Å²) < 4.78 is 1.00. The summed E-state index contributed by atoms with van der Waals surface area (Å²) in [6.45, 7) is 2.09. The number of rotatable bonds is 4. The van der Waals surface area contributed by atoms with Gasteiger partial charge in [-0.3, -0.25) is 10.1 Å². The zero-order valence-electron chi connectivity index (χ0n) is 14.0. The van der Waals surface area contributed by atoms with Crippen molar-refractivity contribution in [3.05, 3.63) is 69.4 Å². The van der Waals surface area contributed by atoms with Gasteiger partial charge >= 0.3 is 0 Å². The zero-order chi connectivity index (χ0) is 18.1. The molecule has 0 atom stereocenters. The predicted octanol–water partition coefficient (Wildman–Crippen LogP) is 6.49. The van der Waals surface area contributed by atoms with E-state index in [-0.39, 0.29) is 5.91 Å². The van der Waals surface area contributed by atoms with E-state index < -0.39 is 0 Å². The number of nitrogens with zero attached hydrogens (tertiary/aromatic N) is 1. The highest BCUT2D eigenvalue weighted by Crippen LogP contribution is 2.36. The Morgan fingerprint density at radius 2 is 1.81 bits per heavy atom. The number of fused-ring (bicyclic) bond motifs is 1. The summed E-state index contributed by atoms with van der Waals surface area (Å²) in [7, 11) is 0. The third-order valence-corrected chi connectivity index (χ3v) is 6.82. The molecule has 26 heavy (non-hydrogen) atoms. The van der Waals surface area contributed by atoms with E-state index in [9.17, 15) is 4.79 Å². The van der Waals surface area contributed by atoms with Gasteiger partial charge in [0.15, 0.2) is 5.13 Å². The van der Waals surface area contributed by atoms with Gasteiger partial charge in [0.1, 0.15) is 4.88 Å². The van der Waals surface area contributed by atoms with Crippen molar-refractivity contribution in [2.24, 2.45) is 0 Å². The Morgan fingerprint density at radius 3 is 2.54 bits per heavy atom. The zero-order valence-corrected chi connectivity index (χ0v) is 16.3. The first-order chi connectivity index (χ1) is 12.7. The molecule has 0 saturated carbocycles. The fourth-order valence-electron chi connectivity index (χ4n) is 2.78. The molecule has 2 aromatic carbocycles. The van der Waals surface area contributed by atoms with E-state index >= 15 is 0 Å². The standard InChI is InChI=1S/C20H15ClN2OS2/c1-2-14-17(12-8-4-3-5-9-12)22-20(26-14)23-19(24)18-16(21)13-10-6-7-11-15(13)25-18/h3-11H,2H2,1H3,(H,22,23,24). The number of aromatic nitrogens is 1. The second kappa shape index (κ2) is 7.19. The fraction of sp³-hybridized carbons (Fsp3) is 0.100. The molecule has 0 saturated heterocycles. The Kier molecular flexibility index (Phi) is 4.76. The van der Waals surface area contributed by atoms with E-state index in [4.69, 9.17) is 11.6 Å². The molecule has 130 valence electrons. The van der Waals surface area contributed by atoms with Crippen LogP contribution >= 0.6 is 34.3 Å². The van der Waals surface area contributed by atoms with Gasteiger partial charge in [-0.2, -0.15) is 0 Å². The van der Waals surface area contributed by atoms with Crippen LogP contribution < -0.4 is 5.32 Å². The lowest BCUT2D eigenvalue weighted by Gasteiger charge is -2.00. The summed E-state index contributed by atoms with van der Waals surface area (Å²) in [4.78, 5) is 19.0. The van der Waals surface area contributed by atoms with Crippen LogP contribution in [0.3, 0.4) is 0 Å². The minimum Gasteiger partial charge on any atom is -0.297 e. The van der Waals surface area contributed by atoms with Crippen molar-refractivity contribution < 1.29 is 4.79 Å². The average Bonchev–Trinajstić information content (AvgIpc) is 3.24. The Labute approximate surface area is 164 Å². The molecule has 0 aliphatic rings. The van der Waals surface area contributed by atoms with Crippen LogP contribution in [0.1, 0.15) is 21.5 Å². The maximum Gasteiger partial charge on any atom is 0.269 e. The second-order valence-electron chi connectivity index (χ2n) is 5.71. The largest absolute Gasteiger partial charge is 0.297 e. The number of benzene rings is 2. The van der Waals surface area contributed by atoms with E-state index in [1.54, 1.807) is 0 Å². The molecule has 3 nitrogen and oxygen atoms in total. The highest BCUT2D eigenvalue weighted by Gasteiger charge is 2.19. The molecule has 0 spiro atoms. The molecular formula is C20H15ClN2OS2. The predicted molar refractivity (Wildman–Crippen MR) is 112 cm³/mol. The van der Waals surface area contributed by atoms with Crippen molar-refractivity contribution in [2.75, 3.05) is 5.32 Å². The SMILES string of the molecule is CCc1sc(NC(=O)c2sc3ccccc3c2Cl)nc1-c1ccccc1. The van der Waals surface area contributed by atoms with Gasteiger partial charge in [-0.15, -0.1) is 22.7 Å². The molecule has 0 fully saturated rings. The van der Waals surface area contributed by atoms with Crippen molar-refractivity contribution in [3.63, 3.8) is 0 Å². The van der Waals surface area contributed by atoms with E-state index in [2.05, 4.69) is 17.2 Å². The summed E-state index contributed by atoms with van der Waals surface area (Å²) in [6, 6.07) is 17.8. The molecule has 0 unspecified atom stereocenters. The number of hydrogen-bond acceptors (Lipinski definition) is 4. The number of carbonyl (C=O) groups excluding carboxylic acids is 1. The van der Waals surface area contributed by atoms with Crippen LogP contribution in [0.15, 0.2) is 54.6 Å². The normalized spacial score (nSPS) is 11.0. The van der Waals surface area contributed by atoms with Gasteiger partial charge in [0.05, 0.1) is 10.7 Å². The molecule has 6 heteroatoms. The van der Waals surface area contributed by atoms with Crippen LogP contribution in [0, 0.1) is 0 Å². The molecule has 1 amide bonds. The number of hydrogen-bond donors (Lipinski definition) is 1. The van der Waals surface area contributed by atoms with Crippen LogP contribution in [0.25, 0.3) is 21.3 Å². The van der Waals surface area contributed by atoms with Crippen molar-refractivity contribution in [2.45, 2.75) is 13.3 Å². The minimum absolute atomic E-state index is 0.216. The number of anilines is 1. The summed E-state index contributed by atoms with van der Waals surface area (Å²) in [6.07, 6.45) is 0.863. The summed E-state index contributed by atoms with van der Waals surface area (Å²) in [5.74, 6) is -0.216. The van der Waals surface area contributed by atoms with E-state index in [0.29, 0.717) is 15.0 Å². The summed E-state index contributed by atoms with van der Waals surface area (Å²) in [5.41, 5.74) is 1.98. The quantitative estimate of drug-likeness (QED) is 0.426.